The number of aromatic nitrogens is 2. The van der Waals surface area contributed by atoms with E-state index in [1.807, 2.05) is 79.1 Å². The lowest BCUT2D eigenvalue weighted by Gasteiger charge is -2.30. The van der Waals surface area contributed by atoms with Gasteiger partial charge in [-0.25, -0.2) is 4.98 Å². The molecule has 0 radical (unpaired) electrons. The molecular formula is C35H33ClF3N3O2. The van der Waals surface area contributed by atoms with E-state index in [-0.39, 0.29) is 22.8 Å². The highest BCUT2D eigenvalue weighted by Crippen LogP contribution is 2.41. The van der Waals surface area contributed by atoms with Crippen molar-refractivity contribution in [2.45, 2.75) is 51.9 Å². The van der Waals surface area contributed by atoms with Gasteiger partial charge >= 0.3 is 6.18 Å². The van der Waals surface area contributed by atoms with Crippen molar-refractivity contribution in [1.82, 2.24) is 14.9 Å². The molecule has 1 atom stereocenters. The number of ether oxygens (including phenoxy) is 1. The number of pyridine rings is 1. The monoisotopic (exact) mass is 619 g/mol. The third kappa shape index (κ3) is 6.06. The zero-order valence-corrected chi connectivity index (χ0v) is 25.3. The number of hydrogen-bond acceptors (Lipinski definition) is 3. The Kier molecular flexibility index (Phi) is 8.40. The summed E-state index contributed by atoms with van der Waals surface area (Å²) in [6, 6.07) is 22.1. The van der Waals surface area contributed by atoms with Gasteiger partial charge in [-0.15, -0.1) is 0 Å². The Hall–Kier alpha value is -3.88. The summed E-state index contributed by atoms with van der Waals surface area (Å²) in [5, 5.41) is 4.21. The summed E-state index contributed by atoms with van der Waals surface area (Å²) in [7, 11) is 0. The molecule has 1 saturated heterocycles. The molecule has 6 rings (SSSR count). The molecule has 0 spiro atoms. The molecule has 228 valence electrons. The molecule has 0 bridgehead atoms. The normalized spacial score (nSPS) is 15.1. The van der Waals surface area contributed by atoms with Gasteiger partial charge in [-0.1, -0.05) is 66.2 Å². The lowest BCUT2D eigenvalue weighted by atomic mass is 9.80. The lowest BCUT2D eigenvalue weighted by molar-refractivity contribution is -0.137. The van der Waals surface area contributed by atoms with Crippen LogP contribution in [0.1, 0.15) is 52.3 Å². The predicted molar refractivity (Wildman–Crippen MR) is 167 cm³/mol. The van der Waals surface area contributed by atoms with Gasteiger partial charge in [0.2, 0.25) is 5.91 Å². The minimum Gasteiger partial charge on any atom is -0.381 e. The Morgan fingerprint density at radius 1 is 1.02 bits per heavy atom. The van der Waals surface area contributed by atoms with Gasteiger partial charge in [0, 0.05) is 42.8 Å². The van der Waals surface area contributed by atoms with Crippen molar-refractivity contribution in [2.24, 2.45) is 5.92 Å². The van der Waals surface area contributed by atoms with Crippen LogP contribution < -0.4 is 5.32 Å². The third-order valence-corrected chi connectivity index (χ3v) is 8.85. The first-order valence-corrected chi connectivity index (χ1v) is 15.1. The summed E-state index contributed by atoms with van der Waals surface area (Å²) in [6.45, 7) is 5.79. The Labute approximate surface area is 259 Å². The number of rotatable bonds is 7. The molecule has 1 aliphatic heterocycles. The molecule has 1 N–H and O–H groups in total. The first-order chi connectivity index (χ1) is 21.1. The number of hydrogen-bond donors (Lipinski definition) is 1. The smallest absolute Gasteiger partial charge is 0.381 e. The Bertz CT molecular complexity index is 1810. The van der Waals surface area contributed by atoms with E-state index < -0.39 is 11.7 Å². The summed E-state index contributed by atoms with van der Waals surface area (Å²) in [5.74, 6) is -0.223. The number of carbonyl (C=O) groups is 1. The van der Waals surface area contributed by atoms with Crippen molar-refractivity contribution in [3.63, 3.8) is 0 Å². The second-order valence-corrected chi connectivity index (χ2v) is 12.0. The number of aryl methyl sites for hydroxylation is 2. The van der Waals surface area contributed by atoms with Crippen LogP contribution in [-0.2, 0) is 28.8 Å². The van der Waals surface area contributed by atoms with Crippen LogP contribution >= 0.6 is 11.6 Å². The maximum Gasteiger partial charge on any atom is 0.417 e. The van der Waals surface area contributed by atoms with Gasteiger partial charge in [0.15, 0.2) is 0 Å². The molecule has 0 saturated carbocycles. The zero-order chi connectivity index (χ0) is 31.0. The van der Waals surface area contributed by atoms with Crippen LogP contribution in [0.3, 0.4) is 0 Å². The van der Waals surface area contributed by atoms with Crippen LogP contribution in [0.4, 0.5) is 13.2 Å². The van der Waals surface area contributed by atoms with Crippen LogP contribution in [0, 0.1) is 19.8 Å². The van der Waals surface area contributed by atoms with E-state index in [0.29, 0.717) is 42.9 Å². The van der Waals surface area contributed by atoms with E-state index >= 15 is 0 Å². The largest absolute Gasteiger partial charge is 0.417 e. The van der Waals surface area contributed by atoms with Crippen LogP contribution in [0.15, 0.2) is 72.8 Å². The molecule has 2 aromatic heterocycles. The fourth-order valence-corrected chi connectivity index (χ4v) is 6.69. The van der Waals surface area contributed by atoms with Gasteiger partial charge in [-0.2, -0.15) is 13.2 Å². The average Bonchev–Trinajstić information content (AvgIpc) is 3.29. The Balaban J connectivity index is 1.35. The van der Waals surface area contributed by atoms with E-state index in [4.69, 9.17) is 21.3 Å². The van der Waals surface area contributed by atoms with Crippen molar-refractivity contribution in [2.75, 3.05) is 13.2 Å². The number of amides is 1. The quantitative estimate of drug-likeness (QED) is 0.199. The van der Waals surface area contributed by atoms with Gasteiger partial charge in [0.1, 0.15) is 5.65 Å². The first-order valence-electron chi connectivity index (χ1n) is 14.8. The highest BCUT2D eigenvalue weighted by molar-refractivity contribution is 6.32. The van der Waals surface area contributed by atoms with Crippen molar-refractivity contribution in [3.8, 4) is 0 Å². The molecule has 1 aliphatic rings. The number of benzene rings is 3. The summed E-state index contributed by atoms with van der Waals surface area (Å²) < 4.78 is 49.0. The summed E-state index contributed by atoms with van der Waals surface area (Å²) in [6.07, 6.45) is -3.01. The van der Waals surface area contributed by atoms with Gasteiger partial charge in [0.25, 0.3) is 0 Å². The molecule has 1 amide bonds. The van der Waals surface area contributed by atoms with E-state index in [2.05, 4.69) is 5.32 Å². The Morgan fingerprint density at radius 3 is 2.41 bits per heavy atom. The van der Waals surface area contributed by atoms with Crippen molar-refractivity contribution in [1.29, 1.82) is 0 Å². The van der Waals surface area contributed by atoms with Crippen LogP contribution in [0.25, 0.3) is 21.9 Å². The molecule has 9 heteroatoms. The predicted octanol–water partition coefficient (Wildman–Crippen LogP) is 8.35. The van der Waals surface area contributed by atoms with Crippen molar-refractivity contribution >= 4 is 39.4 Å². The average molecular weight is 620 g/mol. The maximum atomic E-state index is 13.9. The fourth-order valence-electron chi connectivity index (χ4n) is 6.42. The number of fused-ring (bicyclic) bond motifs is 3. The fraction of sp³-hybridized carbons (Fsp3) is 0.314. The number of nitrogens with zero attached hydrogens (tertiary/aromatic N) is 2. The van der Waals surface area contributed by atoms with Gasteiger partial charge in [0.05, 0.1) is 22.0 Å². The Morgan fingerprint density at radius 2 is 1.73 bits per heavy atom. The molecule has 44 heavy (non-hydrogen) atoms. The minimum absolute atomic E-state index is 0.0254. The SMILES string of the molecule is Cc1cc(C)c2c3cc(Cl)c(C(F)(F)F)cc3n(Cc3ccc(C(C(=O)NCc4ccccc4)C4CCOCC4)cc3)c2n1. The number of alkyl halides is 3. The van der Waals surface area contributed by atoms with E-state index in [1.54, 1.807) is 0 Å². The van der Waals surface area contributed by atoms with E-state index in [0.717, 1.165) is 52.2 Å². The van der Waals surface area contributed by atoms with E-state index in [9.17, 15) is 18.0 Å². The number of carbonyl (C=O) groups excluding carboxylic acids is 1. The summed E-state index contributed by atoms with van der Waals surface area (Å²) in [5.41, 5.74) is 4.67. The first kappa shape index (κ1) is 30.2. The van der Waals surface area contributed by atoms with Crippen molar-refractivity contribution < 1.29 is 22.7 Å². The molecule has 1 unspecified atom stereocenters. The second kappa shape index (κ2) is 12.3. The molecule has 3 aromatic carbocycles. The van der Waals surface area contributed by atoms with Crippen molar-refractivity contribution in [3.05, 3.63) is 111 Å². The van der Waals surface area contributed by atoms with E-state index in [1.165, 1.54) is 6.07 Å². The molecular weight excluding hydrogens is 587 g/mol. The molecule has 5 aromatic rings. The second-order valence-electron chi connectivity index (χ2n) is 11.6. The third-order valence-electron chi connectivity index (χ3n) is 8.54. The highest BCUT2D eigenvalue weighted by atomic mass is 35.5. The standard InChI is InChI=1S/C35H33ClF3N3O2/c1-21-16-22(2)41-33-31(21)27-17-29(36)28(35(37,38)39)18-30(27)42(33)20-24-8-10-25(11-9-24)32(26-12-14-44-15-13-26)34(43)40-19-23-6-4-3-5-7-23/h3-11,16-18,26,32H,12-15,19-20H2,1-2H3,(H,40,43). The number of halogens is 4. The molecule has 3 heterocycles. The van der Waals surface area contributed by atoms with Crippen LogP contribution in [-0.4, -0.2) is 28.7 Å². The summed E-state index contributed by atoms with van der Waals surface area (Å²) >= 11 is 6.14. The molecule has 5 nitrogen and oxygen atoms in total. The lowest BCUT2D eigenvalue weighted by Crippen LogP contribution is -2.35. The van der Waals surface area contributed by atoms with Crippen LogP contribution in [0.5, 0.6) is 0 Å². The minimum atomic E-state index is -4.59. The highest BCUT2D eigenvalue weighted by Gasteiger charge is 2.35. The summed E-state index contributed by atoms with van der Waals surface area (Å²) in [4.78, 5) is 18.3. The van der Waals surface area contributed by atoms with Gasteiger partial charge in [-0.05, 0) is 73.1 Å². The zero-order valence-electron chi connectivity index (χ0n) is 24.5. The van der Waals surface area contributed by atoms with Crippen LogP contribution in [0.2, 0.25) is 5.02 Å². The molecule has 1 fully saturated rings. The van der Waals surface area contributed by atoms with Gasteiger partial charge in [-0.3, -0.25) is 4.79 Å². The number of nitrogens with one attached hydrogen (secondary N) is 1. The van der Waals surface area contributed by atoms with Gasteiger partial charge < -0.3 is 14.6 Å². The topological polar surface area (TPSA) is 56.2 Å². The molecule has 0 aliphatic carbocycles. The maximum absolute atomic E-state index is 13.9.